The molecule has 27 heavy (non-hydrogen) atoms. The zero-order valence-electron chi connectivity index (χ0n) is 14.9. The minimum absolute atomic E-state index is 0.430. The second-order valence-electron chi connectivity index (χ2n) is 6.60. The number of hydrogen-bond donors (Lipinski definition) is 1. The normalized spacial score (nSPS) is 14.2. The number of pyridine rings is 1. The molecule has 0 unspecified atom stereocenters. The lowest BCUT2D eigenvalue weighted by atomic mass is 9.95. The number of benzene rings is 2. The zero-order valence-corrected chi connectivity index (χ0v) is 14.9. The van der Waals surface area contributed by atoms with Crippen molar-refractivity contribution in [2.24, 2.45) is 0 Å². The average molecular weight is 367 g/mol. The Morgan fingerprint density at radius 2 is 1.89 bits per heavy atom. The fourth-order valence-electron chi connectivity index (χ4n) is 3.57. The molecular weight excluding hydrogens is 348 g/mol. The molecule has 0 spiro atoms. The maximum atomic E-state index is 14.0. The summed E-state index contributed by atoms with van der Waals surface area (Å²) in [4.78, 5) is 20.0. The summed E-state index contributed by atoms with van der Waals surface area (Å²) < 4.78 is 28.0. The van der Waals surface area contributed by atoms with Gasteiger partial charge in [0.15, 0.2) is 0 Å². The van der Waals surface area contributed by atoms with E-state index in [1.807, 2.05) is 24.3 Å². The number of fused-ring (bicyclic) bond motifs is 2. The Morgan fingerprint density at radius 1 is 1.15 bits per heavy atom. The zero-order chi connectivity index (χ0) is 19.0. The van der Waals surface area contributed by atoms with Gasteiger partial charge in [-0.2, -0.15) is 0 Å². The third-order valence-electron chi connectivity index (χ3n) is 5.00. The van der Waals surface area contributed by atoms with Crippen LogP contribution >= 0.6 is 0 Å². The van der Waals surface area contributed by atoms with E-state index in [-0.39, 0.29) is 0 Å². The summed E-state index contributed by atoms with van der Waals surface area (Å²) in [5.41, 5.74) is 2.42. The van der Waals surface area contributed by atoms with E-state index >= 15 is 0 Å². The van der Waals surface area contributed by atoms with Gasteiger partial charge in [0, 0.05) is 36.2 Å². The SMILES string of the molecule is CCN1CCc2nc3ccccc3c(C(=O)Nc3c(F)cccc3F)c2C1. The highest BCUT2D eigenvalue weighted by molar-refractivity contribution is 6.13. The number of hydrogen-bond acceptors (Lipinski definition) is 3. The Bertz CT molecular complexity index is 1020. The first-order valence-electron chi connectivity index (χ1n) is 8.96. The molecule has 0 radical (unpaired) electrons. The lowest BCUT2D eigenvalue weighted by Gasteiger charge is -2.29. The number of carbonyl (C=O) groups excluding carboxylic acids is 1. The summed E-state index contributed by atoms with van der Waals surface area (Å²) in [7, 11) is 0. The number of nitrogens with zero attached hydrogens (tertiary/aromatic N) is 2. The quantitative estimate of drug-likeness (QED) is 0.757. The molecule has 4 rings (SSSR count). The summed E-state index contributed by atoms with van der Waals surface area (Å²) in [6.45, 7) is 4.38. The third kappa shape index (κ3) is 3.17. The first-order chi connectivity index (χ1) is 13.1. The fraction of sp³-hybridized carbons (Fsp3) is 0.238. The highest BCUT2D eigenvalue weighted by Crippen LogP contribution is 2.29. The molecule has 2 heterocycles. The van der Waals surface area contributed by atoms with Gasteiger partial charge in [0.1, 0.15) is 17.3 Å². The summed E-state index contributed by atoms with van der Waals surface area (Å²) >= 11 is 0. The van der Waals surface area contributed by atoms with E-state index in [1.54, 1.807) is 0 Å². The monoisotopic (exact) mass is 367 g/mol. The predicted molar refractivity (Wildman–Crippen MR) is 101 cm³/mol. The molecule has 0 saturated carbocycles. The van der Waals surface area contributed by atoms with Gasteiger partial charge in [-0.25, -0.2) is 8.78 Å². The molecule has 0 atom stereocenters. The third-order valence-corrected chi connectivity index (χ3v) is 5.00. The number of halogens is 2. The van der Waals surface area contributed by atoms with Crippen LogP contribution in [0.4, 0.5) is 14.5 Å². The molecule has 0 saturated heterocycles. The van der Waals surface area contributed by atoms with Gasteiger partial charge in [-0.15, -0.1) is 0 Å². The van der Waals surface area contributed by atoms with Crippen molar-refractivity contribution < 1.29 is 13.6 Å². The van der Waals surface area contributed by atoms with Gasteiger partial charge >= 0.3 is 0 Å². The molecule has 6 heteroatoms. The predicted octanol–water partition coefficient (Wildman–Crippen LogP) is 4.14. The van der Waals surface area contributed by atoms with Crippen molar-refractivity contribution in [3.63, 3.8) is 0 Å². The largest absolute Gasteiger partial charge is 0.317 e. The molecule has 138 valence electrons. The van der Waals surface area contributed by atoms with Crippen LogP contribution in [0.1, 0.15) is 28.5 Å². The maximum absolute atomic E-state index is 14.0. The Balaban J connectivity index is 1.85. The van der Waals surface area contributed by atoms with Crippen LogP contribution in [-0.4, -0.2) is 28.9 Å². The average Bonchev–Trinajstić information content (AvgIpc) is 2.68. The number of likely N-dealkylation sites (N-methyl/N-ethyl adjacent to an activating group) is 1. The Morgan fingerprint density at radius 3 is 2.63 bits per heavy atom. The molecule has 1 aliphatic heterocycles. The number of amides is 1. The van der Waals surface area contributed by atoms with Crippen LogP contribution in [0.5, 0.6) is 0 Å². The smallest absolute Gasteiger partial charge is 0.256 e. The van der Waals surface area contributed by atoms with Crippen LogP contribution in [-0.2, 0) is 13.0 Å². The van der Waals surface area contributed by atoms with Crippen LogP contribution in [0, 0.1) is 11.6 Å². The molecule has 1 aromatic heterocycles. The van der Waals surface area contributed by atoms with Crippen molar-refractivity contribution >= 4 is 22.5 Å². The van der Waals surface area contributed by atoms with Crippen molar-refractivity contribution in [1.29, 1.82) is 0 Å². The fourth-order valence-corrected chi connectivity index (χ4v) is 3.57. The number of para-hydroxylation sites is 2. The molecule has 0 aliphatic carbocycles. The van der Waals surface area contributed by atoms with E-state index in [4.69, 9.17) is 4.98 Å². The number of aromatic nitrogens is 1. The second-order valence-corrected chi connectivity index (χ2v) is 6.60. The first-order valence-corrected chi connectivity index (χ1v) is 8.96. The van der Waals surface area contributed by atoms with E-state index < -0.39 is 23.2 Å². The van der Waals surface area contributed by atoms with E-state index in [2.05, 4.69) is 17.1 Å². The molecule has 1 N–H and O–H groups in total. The van der Waals surface area contributed by atoms with Crippen LogP contribution in [0.2, 0.25) is 0 Å². The maximum Gasteiger partial charge on any atom is 0.256 e. The highest BCUT2D eigenvalue weighted by atomic mass is 19.1. The van der Waals surface area contributed by atoms with E-state index in [0.717, 1.165) is 42.9 Å². The van der Waals surface area contributed by atoms with Crippen LogP contribution in [0.3, 0.4) is 0 Å². The van der Waals surface area contributed by atoms with Crippen molar-refractivity contribution in [3.8, 4) is 0 Å². The van der Waals surface area contributed by atoms with Gasteiger partial charge < -0.3 is 5.32 Å². The second kappa shape index (κ2) is 7.04. The van der Waals surface area contributed by atoms with Crippen LogP contribution in [0.25, 0.3) is 10.9 Å². The minimum atomic E-state index is -0.800. The molecule has 1 aliphatic rings. The molecule has 0 fully saturated rings. The number of anilines is 1. The van der Waals surface area contributed by atoms with Crippen LogP contribution in [0.15, 0.2) is 42.5 Å². The van der Waals surface area contributed by atoms with Gasteiger partial charge in [-0.05, 0) is 24.7 Å². The molecule has 1 amide bonds. The molecule has 4 nitrogen and oxygen atoms in total. The van der Waals surface area contributed by atoms with Gasteiger partial charge in [-0.1, -0.05) is 31.2 Å². The molecule has 2 aromatic carbocycles. The molecule has 0 bridgehead atoms. The van der Waals surface area contributed by atoms with Gasteiger partial charge in [0.2, 0.25) is 0 Å². The highest BCUT2D eigenvalue weighted by Gasteiger charge is 2.26. The standard InChI is InChI=1S/C21H19F2N3O/c1-2-26-11-10-18-14(12-26)19(13-6-3-4-9-17(13)24-18)21(27)25-20-15(22)7-5-8-16(20)23/h3-9H,2,10-12H2,1H3,(H,25,27). The van der Waals surface area contributed by atoms with E-state index in [9.17, 15) is 13.6 Å². The summed E-state index contributed by atoms with van der Waals surface area (Å²) in [6.07, 6.45) is 0.738. The number of rotatable bonds is 3. The van der Waals surface area contributed by atoms with Gasteiger partial charge in [-0.3, -0.25) is 14.7 Å². The minimum Gasteiger partial charge on any atom is -0.317 e. The van der Waals surface area contributed by atoms with Crippen LogP contribution < -0.4 is 5.32 Å². The Kier molecular flexibility index (Phi) is 4.58. The van der Waals surface area contributed by atoms with E-state index in [1.165, 1.54) is 6.07 Å². The van der Waals surface area contributed by atoms with E-state index in [0.29, 0.717) is 23.0 Å². The van der Waals surface area contributed by atoms with Crippen molar-refractivity contribution in [3.05, 3.63) is 70.9 Å². The first kappa shape index (κ1) is 17.5. The number of carbonyl (C=O) groups is 1. The van der Waals surface area contributed by atoms with Crippen molar-refractivity contribution in [2.75, 3.05) is 18.4 Å². The lowest BCUT2D eigenvalue weighted by Crippen LogP contribution is -2.33. The van der Waals surface area contributed by atoms with Gasteiger partial charge in [0.25, 0.3) is 5.91 Å². The lowest BCUT2D eigenvalue weighted by molar-refractivity contribution is 0.102. The molecule has 3 aromatic rings. The summed E-state index contributed by atoms with van der Waals surface area (Å²) in [5, 5.41) is 3.12. The Labute approximate surface area is 155 Å². The Hall–Kier alpha value is -2.86. The molecular formula is C21H19F2N3O. The summed E-state index contributed by atoms with van der Waals surface area (Å²) in [5.74, 6) is -2.12. The van der Waals surface area contributed by atoms with Crippen molar-refractivity contribution in [2.45, 2.75) is 19.9 Å². The topological polar surface area (TPSA) is 45.2 Å². The van der Waals surface area contributed by atoms with Crippen molar-refractivity contribution in [1.82, 2.24) is 9.88 Å². The summed E-state index contributed by atoms with van der Waals surface area (Å²) in [6, 6.07) is 10.9. The number of nitrogens with one attached hydrogen (secondary N) is 1. The van der Waals surface area contributed by atoms with Gasteiger partial charge in [0.05, 0.1) is 11.1 Å².